The Kier molecular flexibility index (Phi) is 3.47. The van der Waals surface area contributed by atoms with Crippen LogP contribution in [0.2, 0.25) is 0 Å². The van der Waals surface area contributed by atoms with Crippen LogP contribution in [0.5, 0.6) is 17.2 Å². The summed E-state index contributed by atoms with van der Waals surface area (Å²) in [7, 11) is 2.99. The number of carbonyl (C=O) groups excluding carboxylic acids is 1. The first-order chi connectivity index (χ1) is 12.4. The Morgan fingerprint density at radius 2 is 1.77 bits per heavy atom. The largest absolute Gasteiger partial charge is 0.496 e. The van der Waals surface area contributed by atoms with Crippen molar-refractivity contribution in [1.82, 2.24) is 0 Å². The molecule has 134 valence electrons. The number of methoxy groups -OCH3 is 2. The maximum absolute atomic E-state index is 13.1. The van der Waals surface area contributed by atoms with Crippen LogP contribution in [0.3, 0.4) is 0 Å². The highest BCUT2D eigenvalue weighted by molar-refractivity contribution is 6.01. The first kappa shape index (κ1) is 16.4. The van der Waals surface area contributed by atoms with Crippen molar-refractivity contribution in [2.75, 3.05) is 14.2 Å². The number of ether oxygens (including phenoxy) is 3. The Morgan fingerprint density at radius 3 is 2.46 bits per heavy atom. The second-order valence-electron chi connectivity index (χ2n) is 6.74. The number of rotatable bonds is 2. The number of hydrogen-bond acceptors (Lipinski definition) is 6. The lowest BCUT2D eigenvalue weighted by molar-refractivity contribution is -0.132. The van der Waals surface area contributed by atoms with E-state index in [4.69, 9.17) is 18.6 Å². The molecular weight excluding hydrogens is 336 g/mol. The molecule has 3 aromatic rings. The maximum Gasteiger partial charge on any atom is 0.204 e. The number of Topliss-reactive ketones (excluding diaryl/α,β-unsaturated/α-hetero) is 1. The van der Waals surface area contributed by atoms with Gasteiger partial charge in [-0.2, -0.15) is 0 Å². The Hall–Kier alpha value is -3.02. The highest BCUT2D eigenvalue weighted by atomic mass is 16.5. The van der Waals surface area contributed by atoms with E-state index in [1.54, 1.807) is 38.1 Å². The molecule has 1 aliphatic heterocycles. The Balaban J connectivity index is 2.18. The zero-order valence-corrected chi connectivity index (χ0v) is 15.0. The van der Waals surface area contributed by atoms with Crippen molar-refractivity contribution in [3.8, 4) is 17.2 Å². The third-order valence-corrected chi connectivity index (χ3v) is 4.78. The summed E-state index contributed by atoms with van der Waals surface area (Å²) in [6.07, 6.45) is 0.117. The van der Waals surface area contributed by atoms with E-state index in [0.717, 1.165) is 0 Å². The molecule has 1 aliphatic rings. The molecule has 0 N–H and O–H groups in total. The lowest BCUT2D eigenvalue weighted by Gasteiger charge is -2.31. The van der Waals surface area contributed by atoms with Gasteiger partial charge in [0.15, 0.2) is 22.7 Å². The van der Waals surface area contributed by atoms with Crippen LogP contribution in [0.4, 0.5) is 0 Å². The van der Waals surface area contributed by atoms with E-state index in [1.165, 1.54) is 14.2 Å². The van der Waals surface area contributed by atoms with Gasteiger partial charge in [0, 0.05) is 18.1 Å². The molecule has 2 aromatic carbocycles. The van der Waals surface area contributed by atoms with E-state index < -0.39 is 5.60 Å². The first-order valence-electron chi connectivity index (χ1n) is 8.23. The summed E-state index contributed by atoms with van der Waals surface area (Å²) in [4.78, 5) is 25.6. The van der Waals surface area contributed by atoms with Gasteiger partial charge in [-0.3, -0.25) is 9.59 Å². The molecular formula is C20H18O6. The standard InChI is InChI=1S/C20H18O6/c1-20(2)15(21)8-11-13(26-20)9-14(24-4)16-17(22)10-6-5-7-12(23-3)18(10)25-19(11)16/h5-7,9H,8H2,1-4H3. The quantitative estimate of drug-likeness (QED) is 0.658. The molecule has 0 spiro atoms. The molecule has 0 aliphatic carbocycles. The second-order valence-corrected chi connectivity index (χ2v) is 6.74. The highest BCUT2D eigenvalue weighted by Crippen LogP contribution is 2.41. The smallest absolute Gasteiger partial charge is 0.204 e. The molecule has 2 heterocycles. The predicted molar refractivity (Wildman–Crippen MR) is 96.5 cm³/mol. The van der Waals surface area contributed by atoms with Crippen LogP contribution in [0.1, 0.15) is 19.4 Å². The number of carbonyl (C=O) groups is 1. The normalized spacial score (nSPS) is 15.6. The summed E-state index contributed by atoms with van der Waals surface area (Å²) in [5.74, 6) is 1.19. The molecule has 0 unspecified atom stereocenters. The number of benzene rings is 2. The van der Waals surface area contributed by atoms with Crippen LogP contribution in [-0.2, 0) is 11.2 Å². The minimum absolute atomic E-state index is 0.0840. The molecule has 0 radical (unpaired) electrons. The van der Waals surface area contributed by atoms with Crippen LogP contribution in [0, 0.1) is 0 Å². The molecule has 0 saturated heterocycles. The molecule has 0 fully saturated rings. The second kappa shape index (κ2) is 5.49. The van der Waals surface area contributed by atoms with E-state index in [2.05, 4.69) is 0 Å². The molecule has 6 heteroatoms. The van der Waals surface area contributed by atoms with E-state index >= 15 is 0 Å². The molecule has 6 nitrogen and oxygen atoms in total. The van der Waals surface area contributed by atoms with Crippen molar-refractivity contribution in [2.24, 2.45) is 0 Å². The summed E-state index contributed by atoms with van der Waals surface area (Å²) in [5, 5.41) is 0.682. The molecule has 0 amide bonds. The van der Waals surface area contributed by atoms with Gasteiger partial charge in [0.2, 0.25) is 5.43 Å². The van der Waals surface area contributed by atoms with Crippen LogP contribution in [0.25, 0.3) is 21.9 Å². The Labute approximate surface area is 149 Å². The lowest BCUT2D eigenvalue weighted by Crippen LogP contribution is -2.42. The van der Waals surface area contributed by atoms with E-state index in [0.29, 0.717) is 44.8 Å². The topological polar surface area (TPSA) is 75.0 Å². The van der Waals surface area contributed by atoms with Gasteiger partial charge in [-0.25, -0.2) is 0 Å². The number of fused-ring (bicyclic) bond motifs is 4. The lowest BCUT2D eigenvalue weighted by atomic mass is 9.91. The summed E-state index contributed by atoms with van der Waals surface area (Å²) < 4.78 is 22.7. The van der Waals surface area contributed by atoms with Crippen molar-refractivity contribution in [3.63, 3.8) is 0 Å². The zero-order chi connectivity index (χ0) is 18.6. The van der Waals surface area contributed by atoms with Crippen molar-refractivity contribution in [3.05, 3.63) is 40.1 Å². The predicted octanol–water partition coefficient (Wildman–Crippen LogP) is 3.25. The fourth-order valence-electron chi connectivity index (χ4n) is 3.30. The van der Waals surface area contributed by atoms with Gasteiger partial charge < -0.3 is 18.6 Å². The summed E-state index contributed by atoms with van der Waals surface area (Å²) >= 11 is 0. The fourth-order valence-corrected chi connectivity index (χ4v) is 3.30. The minimum atomic E-state index is -0.944. The van der Waals surface area contributed by atoms with Gasteiger partial charge in [-0.1, -0.05) is 6.07 Å². The fraction of sp³-hybridized carbons (Fsp3) is 0.300. The number of hydrogen-bond donors (Lipinski definition) is 0. The molecule has 0 bridgehead atoms. The summed E-state index contributed by atoms with van der Waals surface area (Å²) in [5.41, 5.74) is -0.00175. The molecule has 26 heavy (non-hydrogen) atoms. The number of para-hydroxylation sites is 1. The van der Waals surface area contributed by atoms with Crippen LogP contribution >= 0.6 is 0 Å². The third-order valence-electron chi connectivity index (χ3n) is 4.78. The van der Waals surface area contributed by atoms with E-state index in [1.807, 2.05) is 0 Å². The van der Waals surface area contributed by atoms with Gasteiger partial charge in [0.05, 0.1) is 19.6 Å². The molecule has 0 saturated carbocycles. The summed E-state index contributed by atoms with van der Waals surface area (Å²) in [6.45, 7) is 3.43. The van der Waals surface area contributed by atoms with Gasteiger partial charge in [0.25, 0.3) is 0 Å². The van der Waals surface area contributed by atoms with Crippen LogP contribution < -0.4 is 19.6 Å². The van der Waals surface area contributed by atoms with Crippen LogP contribution in [0.15, 0.2) is 33.5 Å². The average molecular weight is 354 g/mol. The van der Waals surface area contributed by atoms with Crippen molar-refractivity contribution in [1.29, 1.82) is 0 Å². The molecule has 0 atom stereocenters. The van der Waals surface area contributed by atoms with Crippen LogP contribution in [-0.4, -0.2) is 25.6 Å². The SMILES string of the molecule is COc1cccc2c(=O)c3c(OC)cc4c(c3oc12)CC(=O)C(C)(C)O4. The monoisotopic (exact) mass is 354 g/mol. The third kappa shape index (κ3) is 2.18. The number of ketones is 1. The van der Waals surface area contributed by atoms with E-state index in [9.17, 15) is 9.59 Å². The van der Waals surface area contributed by atoms with Crippen molar-refractivity contribution < 1.29 is 23.4 Å². The molecule has 1 aromatic heterocycles. The Bertz CT molecular complexity index is 1120. The minimum Gasteiger partial charge on any atom is -0.496 e. The van der Waals surface area contributed by atoms with Gasteiger partial charge in [0.1, 0.15) is 22.5 Å². The van der Waals surface area contributed by atoms with Gasteiger partial charge in [-0.15, -0.1) is 0 Å². The zero-order valence-electron chi connectivity index (χ0n) is 15.0. The van der Waals surface area contributed by atoms with Crippen molar-refractivity contribution in [2.45, 2.75) is 25.9 Å². The average Bonchev–Trinajstić information content (AvgIpc) is 2.62. The highest BCUT2D eigenvalue weighted by Gasteiger charge is 2.37. The maximum atomic E-state index is 13.1. The Morgan fingerprint density at radius 1 is 1.04 bits per heavy atom. The summed E-state index contributed by atoms with van der Waals surface area (Å²) in [6, 6.07) is 6.76. The first-order valence-corrected chi connectivity index (χ1v) is 8.23. The molecule has 4 rings (SSSR count). The van der Waals surface area contributed by atoms with E-state index in [-0.39, 0.29) is 17.6 Å². The van der Waals surface area contributed by atoms with Crippen molar-refractivity contribution >= 4 is 27.7 Å². The van der Waals surface area contributed by atoms with Gasteiger partial charge >= 0.3 is 0 Å². The van der Waals surface area contributed by atoms with Gasteiger partial charge in [-0.05, 0) is 26.0 Å².